The van der Waals surface area contributed by atoms with Crippen molar-refractivity contribution in [1.82, 2.24) is 10.2 Å². The fourth-order valence-electron chi connectivity index (χ4n) is 2.02. The summed E-state index contributed by atoms with van der Waals surface area (Å²) < 4.78 is 5.15. The van der Waals surface area contributed by atoms with Gasteiger partial charge in [-0.2, -0.15) is 0 Å². The van der Waals surface area contributed by atoms with Crippen LogP contribution < -0.4 is 11.1 Å². The first kappa shape index (κ1) is 15.2. The van der Waals surface area contributed by atoms with E-state index in [4.69, 9.17) is 10.2 Å². The molecule has 0 aliphatic rings. The number of nitrogens with one attached hydrogen (secondary N) is 1. The SMILES string of the molecule is CCCCC(N)C(=O)Nc1ccc(-c2nnco2)cc1C. The van der Waals surface area contributed by atoms with Crippen LogP contribution >= 0.6 is 0 Å². The monoisotopic (exact) mass is 288 g/mol. The van der Waals surface area contributed by atoms with E-state index in [1.54, 1.807) is 0 Å². The number of carbonyl (C=O) groups excluding carboxylic acids is 1. The van der Waals surface area contributed by atoms with Gasteiger partial charge in [-0.25, -0.2) is 0 Å². The van der Waals surface area contributed by atoms with Crippen LogP contribution in [0.4, 0.5) is 5.69 Å². The topological polar surface area (TPSA) is 94.0 Å². The number of nitrogens with two attached hydrogens (primary N) is 1. The molecule has 21 heavy (non-hydrogen) atoms. The van der Waals surface area contributed by atoms with Crippen LogP contribution in [0.2, 0.25) is 0 Å². The number of anilines is 1. The third kappa shape index (κ3) is 3.88. The summed E-state index contributed by atoms with van der Waals surface area (Å²) in [4.78, 5) is 12.0. The Hall–Kier alpha value is -2.21. The van der Waals surface area contributed by atoms with E-state index in [0.717, 1.165) is 29.7 Å². The zero-order chi connectivity index (χ0) is 15.2. The predicted molar refractivity (Wildman–Crippen MR) is 80.6 cm³/mol. The van der Waals surface area contributed by atoms with Gasteiger partial charge in [0.2, 0.25) is 18.2 Å². The highest BCUT2D eigenvalue weighted by Crippen LogP contribution is 2.23. The highest BCUT2D eigenvalue weighted by atomic mass is 16.4. The number of rotatable bonds is 6. The minimum Gasteiger partial charge on any atom is -0.423 e. The first-order valence-corrected chi connectivity index (χ1v) is 7.05. The first-order valence-electron chi connectivity index (χ1n) is 7.05. The Morgan fingerprint density at radius 1 is 1.48 bits per heavy atom. The molecule has 112 valence electrons. The van der Waals surface area contributed by atoms with Crippen molar-refractivity contribution in [1.29, 1.82) is 0 Å². The molecule has 2 rings (SSSR count). The maximum atomic E-state index is 12.0. The fourth-order valence-corrected chi connectivity index (χ4v) is 2.02. The van der Waals surface area contributed by atoms with Crippen molar-refractivity contribution in [3.05, 3.63) is 30.2 Å². The molecular formula is C15H20N4O2. The molecule has 6 nitrogen and oxygen atoms in total. The number of amides is 1. The number of nitrogens with zero attached hydrogens (tertiary/aromatic N) is 2. The average Bonchev–Trinajstić information content (AvgIpc) is 3.00. The van der Waals surface area contributed by atoms with Gasteiger partial charge in [-0.15, -0.1) is 10.2 Å². The van der Waals surface area contributed by atoms with Crippen LogP contribution in [0, 0.1) is 6.92 Å². The van der Waals surface area contributed by atoms with E-state index in [9.17, 15) is 4.79 Å². The Labute approximate surface area is 123 Å². The second kappa shape index (κ2) is 6.99. The molecule has 2 aromatic rings. The number of carbonyl (C=O) groups is 1. The lowest BCUT2D eigenvalue weighted by Gasteiger charge is -2.13. The highest BCUT2D eigenvalue weighted by Gasteiger charge is 2.14. The van der Waals surface area contributed by atoms with Gasteiger partial charge in [0, 0.05) is 11.3 Å². The minimum absolute atomic E-state index is 0.155. The molecule has 3 N–H and O–H groups in total. The van der Waals surface area contributed by atoms with E-state index in [1.165, 1.54) is 6.39 Å². The van der Waals surface area contributed by atoms with Crippen molar-refractivity contribution in [3.8, 4) is 11.5 Å². The van der Waals surface area contributed by atoms with Crippen molar-refractivity contribution in [2.45, 2.75) is 39.2 Å². The first-order chi connectivity index (χ1) is 10.1. The van der Waals surface area contributed by atoms with E-state index < -0.39 is 6.04 Å². The maximum Gasteiger partial charge on any atom is 0.247 e. The van der Waals surface area contributed by atoms with Crippen LogP contribution in [0.25, 0.3) is 11.5 Å². The van der Waals surface area contributed by atoms with Crippen molar-refractivity contribution in [2.24, 2.45) is 5.73 Å². The molecule has 0 saturated heterocycles. The summed E-state index contributed by atoms with van der Waals surface area (Å²) >= 11 is 0. The quantitative estimate of drug-likeness (QED) is 0.851. The lowest BCUT2D eigenvalue weighted by atomic mass is 10.1. The van der Waals surface area contributed by atoms with E-state index >= 15 is 0 Å². The molecule has 0 aliphatic heterocycles. The van der Waals surface area contributed by atoms with Gasteiger partial charge < -0.3 is 15.5 Å². The van der Waals surface area contributed by atoms with Gasteiger partial charge in [-0.1, -0.05) is 19.8 Å². The van der Waals surface area contributed by atoms with Gasteiger partial charge in [-0.05, 0) is 37.1 Å². The van der Waals surface area contributed by atoms with Crippen LogP contribution in [-0.2, 0) is 4.79 Å². The molecule has 0 bridgehead atoms. The van der Waals surface area contributed by atoms with Crippen molar-refractivity contribution in [2.75, 3.05) is 5.32 Å². The summed E-state index contributed by atoms with van der Waals surface area (Å²) in [5.74, 6) is 0.299. The van der Waals surface area contributed by atoms with Gasteiger partial charge in [-0.3, -0.25) is 4.79 Å². The third-order valence-corrected chi connectivity index (χ3v) is 3.30. The minimum atomic E-state index is -0.472. The average molecular weight is 288 g/mol. The standard InChI is InChI=1S/C15H20N4O2/c1-3-4-5-12(16)14(20)18-13-7-6-11(8-10(13)2)15-19-17-9-21-15/h6-9,12H,3-5,16H2,1-2H3,(H,18,20). The lowest BCUT2D eigenvalue weighted by Crippen LogP contribution is -2.35. The Morgan fingerprint density at radius 3 is 2.90 bits per heavy atom. The number of hydrogen-bond acceptors (Lipinski definition) is 5. The molecule has 1 atom stereocenters. The van der Waals surface area contributed by atoms with Gasteiger partial charge in [0.1, 0.15) is 0 Å². The number of benzene rings is 1. The van der Waals surface area contributed by atoms with Gasteiger partial charge in [0.05, 0.1) is 6.04 Å². The molecule has 1 aromatic heterocycles. The summed E-state index contributed by atoms with van der Waals surface area (Å²) in [5.41, 5.74) is 8.34. The third-order valence-electron chi connectivity index (χ3n) is 3.30. The summed E-state index contributed by atoms with van der Waals surface area (Å²) in [5, 5.41) is 10.4. The summed E-state index contributed by atoms with van der Waals surface area (Å²) in [6, 6.07) is 5.06. The summed E-state index contributed by atoms with van der Waals surface area (Å²) in [6.07, 6.45) is 3.96. The Morgan fingerprint density at radius 2 is 2.29 bits per heavy atom. The van der Waals surface area contributed by atoms with Crippen LogP contribution in [0.3, 0.4) is 0 Å². The van der Waals surface area contributed by atoms with Crippen molar-refractivity contribution < 1.29 is 9.21 Å². The molecule has 1 unspecified atom stereocenters. The fraction of sp³-hybridized carbons (Fsp3) is 0.400. The van der Waals surface area contributed by atoms with Crippen molar-refractivity contribution in [3.63, 3.8) is 0 Å². The van der Waals surface area contributed by atoms with Gasteiger partial charge >= 0.3 is 0 Å². The molecule has 0 radical (unpaired) electrons. The Balaban J connectivity index is 2.06. The Kier molecular flexibility index (Phi) is 5.05. The molecule has 0 fully saturated rings. The van der Waals surface area contributed by atoms with E-state index in [1.807, 2.05) is 25.1 Å². The zero-order valence-electron chi connectivity index (χ0n) is 12.3. The summed E-state index contributed by atoms with van der Waals surface area (Å²) in [6.45, 7) is 3.98. The van der Waals surface area contributed by atoms with Crippen LogP contribution in [0.5, 0.6) is 0 Å². The van der Waals surface area contributed by atoms with E-state index in [0.29, 0.717) is 12.3 Å². The van der Waals surface area contributed by atoms with E-state index in [-0.39, 0.29) is 5.91 Å². The Bertz CT molecular complexity index is 596. The van der Waals surface area contributed by atoms with Crippen molar-refractivity contribution >= 4 is 11.6 Å². The van der Waals surface area contributed by atoms with Gasteiger partial charge in [0.25, 0.3) is 0 Å². The molecule has 0 spiro atoms. The summed E-state index contributed by atoms with van der Waals surface area (Å²) in [7, 11) is 0. The molecule has 1 amide bonds. The molecule has 1 aromatic carbocycles. The number of unbranched alkanes of at least 4 members (excludes halogenated alkanes) is 1. The van der Waals surface area contributed by atoms with Gasteiger partial charge in [0.15, 0.2) is 0 Å². The number of hydrogen-bond donors (Lipinski definition) is 2. The molecule has 6 heteroatoms. The molecule has 1 heterocycles. The normalized spacial score (nSPS) is 12.1. The molecular weight excluding hydrogens is 268 g/mol. The largest absolute Gasteiger partial charge is 0.423 e. The number of aromatic nitrogens is 2. The van der Waals surface area contributed by atoms with Crippen LogP contribution in [0.15, 0.2) is 29.0 Å². The van der Waals surface area contributed by atoms with Crippen LogP contribution in [0.1, 0.15) is 31.7 Å². The second-order valence-corrected chi connectivity index (χ2v) is 5.01. The smallest absolute Gasteiger partial charge is 0.247 e. The maximum absolute atomic E-state index is 12.0. The lowest BCUT2D eigenvalue weighted by molar-refractivity contribution is -0.117. The number of aryl methyl sites for hydroxylation is 1. The zero-order valence-corrected chi connectivity index (χ0v) is 12.3. The molecule has 0 aliphatic carbocycles. The molecule has 0 saturated carbocycles. The van der Waals surface area contributed by atoms with E-state index in [2.05, 4.69) is 22.4 Å². The predicted octanol–water partition coefficient (Wildman–Crippen LogP) is 2.50. The van der Waals surface area contributed by atoms with Crippen LogP contribution in [-0.4, -0.2) is 22.1 Å². The highest BCUT2D eigenvalue weighted by molar-refractivity contribution is 5.95. The second-order valence-electron chi connectivity index (χ2n) is 5.01.